The Bertz CT molecular complexity index is 741. The minimum absolute atomic E-state index is 0.0214. The minimum atomic E-state index is -1.16. The Morgan fingerprint density at radius 1 is 1.11 bits per heavy atom. The number of nitrogens with zero attached hydrogens (tertiary/aromatic N) is 1. The molecule has 2 N–H and O–H groups in total. The molecule has 0 aliphatic rings. The number of pyridine rings is 1. The third-order valence-corrected chi connectivity index (χ3v) is 2.76. The average molecular weight is 378 g/mol. The van der Waals surface area contributed by atoms with Crippen LogP contribution in [0.3, 0.4) is 0 Å². The highest BCUT2D eigenvalue weighted by Gasteiger charge is 2.22. The molecule has 0 radical (unpaired) electrons. The molecule has 0 spiro atoms. The van der Waals surface area contributed by atoms with Crippen LogP contribution in [0.25, 0.3) is 6.08 Å². The van der Waals surface area contributed by atoms with Crippen LogP contribution in [0.1, 0.15) is 53.5 Å². The second-order valence-corrected chi connectivity index (χ2v) is 7.84. The molecule has 1 heterocycles. The molecule has 0 bridgehead atoms. The summed E-state index contributed by atoms with van der Waals surface area (Å²) in [5, 5.41) is 11.5. The maximum Gasteiger partial charge on any atom is 0.413 e. The molecule has 1 amide bonds. The van der Waals surface area contributed by atoms with Crippen LogP contribution in [-0.2, 0) is 19.1 Å². The van der Waals surface area contributed by atoms with E-state index in [1.54, 1.807) is 47.6 Å². The Labute approximate surface area is 158 Å². The van der Waals surface area contributed by atoms with Gasteiger partial charge in [0.05, 0.1) is 6.42 Å². The van der Waals surface area contributed by atoms with E-state index in [4.69, 9.17) is 14.6 Å². The lowest BCUT2D eigenvalue weighted by Crippen LogP contribution is -2.27. The molecule has 8 nitrogen and oxygen atoms in total. The molecule has 8 heteroatoms. The van der Waals surface area contributed by atoms with Crippen molar-refractivity contribution in [1.82, 2.24) is 4.98 Å². The van der Waals surface area contributed by atoms with Crippen molar-refractivity contribution in [3.8, 4) is 0 Å². The van der Waals surface area contributed by atoms with E-state index in [2.05, 4.69) is 10.3 Å². The van der Waals surface area contributed by atoms with Crippen molar-refractivity contribution in [1.29, 1.82) is 0 Å². The molecule has 0 atom stereocenters. The largest absolute Gasteiger partial charge is 0.481 e. The summed E-state index contributed by atoms with van der Waals surface area (Å²) in [5.41, 5.74) is -0.950. The first-order chi connectivity index (χ1) is 12.2. The smallest absolute Gasteiger partial charge is 0.413 e. The van der Waals surface area contributed by atoms with Gasteiger partial charge in [-0.25, -0.2) is 14.6 Å². The van der Waals surface area contributed by atoms with Gasteiger partial charge < -0.3 is 14.6 Å². The van der Waals surface area contributed by atoms with Crippen LogP contribution in [0.2, 0.25) is 0 Å². The number of carboxylic acid groups (broad SMARTS) is 1. The van der Waals surface area contributed by atoms with Crippen LogP contribution in [0.5, 0.6) is 0 Å². The van der Waals surface area contributed by atoms with Crippen molar-refractivity contribution in [2.24, 2.45) is 0 Å². The van der Waals surface area contributed by atoms with Crippen molar-refractivity contribution in [2.45, 2.75) is 59.2 Å². The predicted octanol–water partition coefficient (Wildman–Crippen LogP) is 3.63. The predicted molar refractivity (Wildman–Crippen MR) is 100 cm³/mol. The fourth-order valence-corrected chi connectivity index (χ4v) is 1.90. The van der Waals surface area contributed by atoms with Crippen LogP contribution in [0.4, 0.5) is 10.6 Å². The van der Waals surface area contributed by atoms with Crippen LogP contribution >= 0.6 is 0 Å². The summed E-state index contributed by atoms with van der Waals surface area (Å²) in [4.78, 5) is 39.2. The van der Waals surface area contributed by atoms with Crippen molar-refractivity contribution in [3.63, 3.8) is 0 Å². The summed E-state index contributed by atoms with van der Waals surface area (Å²) in [6.45, 7) is 10.3. The lowest BCUT2D eigenvalue weighted by atomic mass is 10.1. The number of rotatable bonds is 5. The molecule has 0 aliphatic carbocycles. The Kier molecular flexibility index (Phi) is 7.10. The van der Waals surface area contributed by atoms with E-state index < -0.39 is 35.7 Å². The van der Waals surface area contributed by atoms with Gasteiger partial charge in [-0.15, -0.1) is 0 Å². The minimum Gasteiger partial charge on any atom is -0.481 e. The Morgan fingerprint density at radius 2 is 1.70 bits per heavy atom. The van der Waals surface area contributed by atoms with E-state index >= 15 is 0 Å². The molecule has 1 aromatic rings. The SMILES string of the molecule is CC(C)(C)OC(=O)Nc1cc(C=C(CC(=O)O)C(=O)OC(C)(C)C)ccn1. The van der Waals surface area contributed by atoms with Gasteiger partial charge in [-0.05, 0) is 65.3 Å². The number of carbonyl (C=O) groups excluding carboxylic acids is 2. The molecule has 1 aromatic heterocycles. The van der Waals surface area contributed by atoms with Gasteiger partial charge in [-0.1, -0.05) is 0 Å². The molecule has 0 aliphatic heterocycles. The summed E-state index contributed by atoms with van der Waals surface area (Å²) in [5.74, 6) is -1.67. The summed E-state index contributed by atoms with van der Waals surface area (Å²) in [6, 6.07) is 3.07. The van der Waals surface area contributed by atoms with Crippen molar-refractivity contribution < 1.29 is 29.0 Å². The number of carboxylic acids is 1. The van der Waals surface area contributed by atoms with Crippen molar-refractivity contribution >= 4 is 29.9 Å². The number of nitrogens with one attached hydrogen (secondary N) is 1. The highest BCUT2D eigenvalue weighted by atomic mass is 16.6. The number of amides is 1. The average Bonchev–Trinajstić information content (AvgIpc) is 2.42. The number of hydrogen-bond acceptors (Lipinski definition) is 6. The van der Waals surface area contributed by atoms with E-state index in [-0.39, 0.29) is 11.4 Å². The Morgan fingerprint density at radius 3 is 2.22 bits per heavy atom. The normalized spacial score (nSPS) is 12.3. The van der Waals surface area contributed by atoms with Crippen LogP contribution in [0, 0.1) is 0 Å². The monoisotopic (exact) mass is 378 g/mol. The van der Waals surface area contributed by atoms with Gasteiger partial charge >= 0.3 is 18.0 Å². The first kappa shape index (κ1) is 22.1. The van der Waals surface area contributed by atoms with E-state index in [1.165, 1.54) is 18.3 Å². The van der Waals surface area contributed by atoms with Crippen LogP contribution < -0.4 is 5.32 Å². The standard InChI is InChI=1S/C19H26N2O6/c1-18(2,3)26-16(24)13(11-15(22)23)9-12-7-8-20-14(10-12)21-17(25)27-19(4,5)6/h7-10H,11H2,1-6H3,(H,22,23)(H,20,21,25). The first-order valence-corrected chi connectivity index (χ1v) is 8.37. The van der Waals surface area contributed by atoms with E-state index in [1.807, 2.05) is 0 Å². The zero-order chi connectivity index (χ0) is 20.8. The van der Waals surface area contributed by atoms with Gasteiger partial charge in [0.15, 0.2) is 0 Å². The first-order valence-electron chi connectivity index (χ1n) is 8.37. The zero-order valence-electron chi connectivity index (χ0n) is 16.5. The third kappa shape index (κ3) is 9.39. The summed E-state index contributed by atoms with van der Waals surface area (Å²) >= 11 is 0. The maximum atomic E-state index is 12.3. The van der Waals surface area contributed by atoms with Gasteiger partial charge in [-0.2, -0.15) is 0 Å². The van der Waals surface area contributed by atoms with Gasteiger partial charge in [0.1, 0.15) is 17.0 Å². The molecule has 0 saturated carbocycles. The van der Waals surface area contributed by atoms with Gasteiger partial charge in [0, 0.05) is 11.8 Å². The molecular weight excluding hydrogens is 352 g/mol. The van der Waals surface area contributed by atoms with Gasteiger partial charge in [-0.3, -0.25) is 10.1 Å². The number of anilines is 1. The maximum absolute atomic E-state index is 12.3. The number of carbonyl (C=O) groups is 3. The highest BCUT2D eigenvalue weighted by molar-refractivity contribution is 5.98. The van der Waals surface area contributed by atoms with E-state index in [9.17, 15) is 14.4 Å². The van der Waals surface area contributed by atoms with Gasteiger partial charge in [0.2, 0.25) is 0 Å². The van der Waals surface area contributed by atoms with Crippen LogP contribution in [-0.4, -0.2) is 39.3 Å². The molecule has 1 rings (SSSR count). The van der Waals surface area contributed by atoms with Gasteiger partial charge in [0.25, 0.3) is 0 Å². The van der Waals surface area contributed by atoms with Crippen molar-refractivity contribution in [3.05, 3.63) is 29.5 Å². The molecule has 0 aromatic carbocycles. The molecule has 0 saturated heterocycles. The molecule has 0 unspecified atom stereocenters. The summed E-state index contributed by atoms with van der Waals surface area (Å²) in [7, 11) is 0. The zero-order valence-corrected chi connectivity index (χ0v) is 16.5. The summed E-state index contributed by atoms with van der Waals surface area (Å²) < 4.78 is 10.4. The fourth-order valence-electron chi connectivity index (χ4n) is 1.90. The lowest BCUT2D eigenvalue weighted by Gasteiger charge is -2.20. The second-order valence-electron chi connectivity index (χ2n) is 7.84. The fraction of sp³-hybridized carbons (Fsp3) is 0.474. The molecule has 0 fully saturated rings. The molecule has 148 valence electrons. The number of hydrogen-bond donors (Lipinski definition) is 2. The quantitative estimate of drug-likeness (QED) is 0.594. The number of esters is 1. The van der Waals surface area contributed by atoms with Crippen molar-refractivity contribution in [2.75, 3.05) is 5.32 Å². The molecule has 27 heavy (non-hydrogen) atoms. The lowest BCUT2D eigenvalue weighted by molar-refractivity contribution is -0.151. The Balaban J connectivity index is 3.05. The second kappa shape index (κ2) is 8.66. The summed E-state index contributed by atoms with van der Waals surface area (Å²) in [6.07, 6.45) is 1.65. The number of aliphatic carboxylic acids is 1. The van der Waals surface area contributed by atoms with Crippen LogP contribution in [0.15, 0.2) is 23.9 Å². The molecular formula is C19H26N2O6. The van der Waals surface area contributed by atoms with E-state index in [0.717, 1.165) is 0 Å². The topological polar surface area (TPSA) is 115 Å². The highest BCUT2D eigenvalue weighted by Crippen LogP contribution is 2.18. The Hall–Kier alpha value is -2.90. The number of aromatic nitrogens is 1. The van der Waals surface area contributed by atoms with E-state index in [0.29, 0.717) is 5.56 Å². The third-order valence-electron chi connectivity index (χ3n) is 2.76. The number of ether oxygens (including phenoxy) is 2.